The van der Waals surface area contributed by atoms with Crippen molar-refractivity contribution in [1.29, 1.82) is 0 Å². The van der Waals surface area contributed by atoms with E-state index in [1.165, 1.54) is 9.80 Å². The van der Waals surface area contributed by atoms with Crippen LogP contribution >= 0.6 is 0 Å². The number of carbonyl (C=O) groups excluding carboxylic acids is 6. The predicted octanol–water partition coefficient (Wildman–Crippen LogP) is 2.31. The van der Waals surface area contributed by atoms with E-state index in [0.717, 1.165) is 0 Å². The highest BCUT2D eigenvalue weighted by Gasteiger charge is 2.70. The lowest BCUT2D eigenvalue weighted by Gasteiger charge is -2.37. The van der Waals surface area contributed by atoms with Gasteiger partial charge in [-0.1, -0.05) is 115 Å². The highest BCUT2D eigenvalue weighted by molar-refractivity contribution is 7.88. The van der Waals surface area contributed by atoms with Crippen LogP contribution in [0.5, 0.6) is 0 Å². The maximum atomic E-state index is 14.3. The number of hydrogen-bond acceptors (Lipinski definition) is 8. The van der Waals surface area contributed by atoms with Gasteiger partial charge in [-0.3, -0.25) is 28.8 Å². The van der Waals surface area contributed by atoms with Crippen LogP contribution in [-0.4, -0.2) is 98.8 Å². The van der Waals surface area contributed by atoms with E-state index < -0.39 is 75.6 Å². The zero-order chi connectivity index (χ0) is 40.9. The zero-order valence-corrected chi connectivity index (χ0v) is 33.9. The lowest BCUT2D eigenvalue weighted by molar-refractivity contribution is -0.145. The molecule has 0 bridgehead atoms. The minimum Gasteiger partial charge on any atom is -0.347 e. The maximum absolute atomic E-state index is 14.3. The first-order valence-corrected chi connectivity index (χ1v) is 20.4. The number of benzene rings is 2. The van der Waals surface area contributed by atoms with Crippen LogP contribution in [-0.2, 0) is 44.5 Å². The van der Waals surface area contributed by atoms with Crippen molar-refractivity contribution in [3.05, 3.63) is 71.8 Å². The molecule has 0 aromatic heterocycles. The van der Waals surface area contributed by atoms with E-state index in [4.69, 9.17) is 0 Å². The first kappa shape index (κ1) is 43.1. The van der Waals surface area contributed by atoms with Crippen molar-refractivity contribution in [1.82, 2.24) is 30.5 Å². The fraction of sp³-hybridized carbons (Fsp3) is 0.550. The monoisotopic (exact) mass is 780 g/mol. The molecule has 4 rings (SSSR count). The average molecular weight is 781 g/mol. The van der Waals surface area contributed by atoms with Gasteiger partial charge in [0.15, 0.2) is 0 Å². The molecule has 1 saturated heterocycles. The lowest BCUT2D eigenvalue weighted by atomic mass is 9.86. The molecule has 2 aliphatic rings. The number of likely N-dealkylation sites (tertiary alicyclic amines) is 1. The Balaban J connectivity index is 1.48. The fourth-order valence-corrected chi connectivity index (χ4v) is 8.86. The third-order valence-electron chi connectivity index (χ3n) is 10.6. The molecule has 15 heteroatoms. The van der Waals surface area contributed by atoms with Crippen LogP contribution in [0.3, 0.4) is 0 Å². The minimum atomic E-state index is -3.98. The first-order chi connectivity index (χ1) is 25.7. The van der Waals surface area contributed by atoms with Crippen molar-refractivity contribution in [3.8, 4) is 0 Å². The number of unbranched alkanes of at least 4 members (excludes halogenated alkanes) is 1. The molecule has 2 aromatic carbocycles. The molecule has 1 saturated carbocycles. The Morgan fingerprint density at radius 1 is 0.927 bits per heavy atom. The third-order valence-corrected chi connectivity index (χ3v) is 11.9. The molecule has 2 aromatic rings. The van der Waals surface area contributed by atoms with Gasteiger partial charge in [0, 0.05) is 20.6 Å². The minimum absolute atomic E-state index is 0.0283. The summed E-state index contributed by atoms with van der Waals surface area (Å²) >= 11 is 0. The van der Waals surface area contributed by atoms with Crippen LogP contribution in [0.4, 0.5) is 0 Å². The summed E-state index contributed by atoms with van der Waals surface area (Å²) in [5, 5.41) is 7.69. The van der Waals surface area contributed by atoms with Crippen molar-refractivity contribution in [2.24, 2.45) is 22.7 Å². The number of likely N-dealkylation sites (N-methyl/N-ethyl adjacent to an activating group) is 1. The van der Waals surface area contributed by atoms with E-state index in [0.29, 0.717) is 24.0 Å². The highest BCUT2D eigenvalue weighted by atomic mass is 32.2. The Kier molecular flexibility index (Phi) is 13.7. The number of Topliss-reactive ketones (excluding diaryl/α,β-unsaturated/α-hetero) is 1. The van der Waals surface area contributed by atoms with Gasteiger partial charge in [0.1, 0.15) is 18.1 Å². The quantitative estimate of drug-likeness (QED) is 0.176. The summed E-state index contributed by atoms with van der Waals surface area (Å²) in [6.07, 6.45) is 1.29. The second kappa shape index (κ2) is 17.4. The molecule has 1 heterocycles. The standard InChI is InChI=1S/C40H56N6O8S/c1-9-10-21-28(33(48)36(50)41-22-29(47)43-31(37(51)45(7)8)26-19-15-12-16-20-26)42-35(49)32-30-27(40(30,5)6)23-46(32)38(52)34(39(2,3)4)44-55(53,54)24-25-17-13-11-14-18-25/h11-20,27-28,30-32,34,44H,9-10,21-24H2,1-8H3,(H,41,50)(H,42,49)(H,43,47)/t27-,28?,30-,31-,32-,34+/m0/s1. The number of nitrogens with zero attached hydrogens (tertiary/aromatic N) is 2. The van der Waals surface area contributed by atoms with Gasteiger partial charge in [-0.05, 0) is 40.2 Å². The predicted molar refractivity (Wildman–Crippen MR) is 207 cm³/mol. The second-order valence-electron chi connectivity index (χ2n) is 16.4. The van der Waals surface area contributed by atoms with E-state index in [9.17, 15) is 37.2 Å². The number of amides is 5. The SMILES string of the molecule is CCCCC(NC(=O)[C@@H]1[C@@H]2[C@H](CN1C(=O)[C@@H](NS(=O)(=O)Cc1ccccc1)C(C)(C)C)C2(C)C)C(=O)C(=O)NCC(=O)N[C@H](C(=O)N(C)C)c1ccccc1. The zero-order valence-electron chi connectivity index (χ0n) is 33.0. The van der Waals surface area contributed by atoms with Gasteiger partial charge in [0.05, 0.1) is 18.3 Å². The van der Waals surface area contributed by atoms with Crippen LogP contribution in [0, 0.1) is 22.7 Å². The largest absolute Gasteiger partial charge is 0.347 e. The first-order valence-electron chi connectivity index (χ1n) is 18.7. The maximum Gasteiger partial charge on any atom is 0.290 e. The second-order valence-corrected chi connectivity index (χ2v) is 18.2. The van der Waals surface area contributed by atoms with Crippen molar-refractivity contribution in [2.75, 3.05) is 27.2 Å². The Hall–Kier alpha value is -4.63. The van der Waals surface area contributed by atoms with E-state index in [2.05, 4.69) is 20.7 Å². The molecule has 1 aliphatic carbocycles. The normalized spacial score (nSPS) is 20.3. The lowest BCUT2D eigenvalue weighted by Crippen LogP contribution is -2.60. The van der Waals surface area contributed by atoms with Gasteiger partial charge in [0.25, 0.3) is 5.91 Å². The number of fused-ring (bicyclic) bond motifs is 1. The van der Waals surface area contributed by atoms with Gasteiger partial charge >= 0.3 is 0 Å². The number of sulfonamides is 1. The van der Waals surface area contributed by atoms with Crippen molar-refractivity contribution >= 4 is 45.3 Å². The molecular weight excluding hydrogens is 725 g/mol. The molecule has 0 radical (unpaired) electrons. The van der Waals surface area contributed by atoms with Crippen LogP contribution in [0.15, 0.2) is 60.7 Å². The molecule has 0 spiro atoms. The Labute approximate surface area is 324 Å². The third kappa shape index (κ3) is 10.6. The molecule has 5 amide bonds. The van der Waals surface area contributed by atoms with Gasteiger partial charge in [-0.25, -0.2) is 13.1 Å². The highest BCUT2D eigenvalue weighted by Crippen LogP contribution is 2.65. The molecule has 6 atom stereocenters. The summed E-state index contributed by atoms with van der Waals surface area (Å²) in [5.41, 5.74) is -0.0603. The summed E-state index contributed by atoms with van der Waals surface area (Å²) in [5.74, 6) is -4.90. The topological polar surface area (TPSA) is 191 Å². The number of nitrogens with one attached hydrogen (secondary N) is 4. The number of carbonyl (C=O) groups is 6. The summed E-state index contributed by atoms with van der Waals surface area (Å²) < 4.78 is 29.3. The van der Waals surface area contributed by atoms with Gasteiger partial charge in [-0.15, -0.1) is 0 Å². The Morgan fingerprint density at radius 2 is 1.53 bits per heavy atom. The molecular formula is C40H56N6O8S. The van der Waals surface area contributed by atoms with E-state index >= 15 is 0 Å². The molecule has 2 fully saturated rings. The summed E-state index contributed by atoms with van der Waals surface area (Å²) in [6.45, 7) is 10.8. The Bertz CT molecular complexity index is 1850. The van der Waals surface area contributed by atoms with Gasteiger partial charge in [0.2, 0.25) is 39.4 Å². The van der Waals surface area contributed by atoms with Crippen molar-refractivity contribution < 1.29 is 37.2 Å². The number of ketones is 1. The number of piperidine rings is 1. The molecule has 14 nitrogen and oxygen atoms in total. The van der Waals surface area contributed by atoms with Crippen molar-refractivity contribution in [3.63, 3.8) is 0 Å². The molecule has 55 heavy (non-hydrogen) atoms. The fourth-order valence-electron chi connectivity index (χ4n) is 7.33. The van der Waals surface area contributed by atoms with Crippen LogP contribution < -0.4 is 20.7 Å². The molecule has 300 valence electrons. The summed E-state index contributed by atoms with van der Waals surface area (Å²) in [7, 11) is -0.872. The number of rotatable bonds is 17. The van der Waals surface area contributed by atoms with Gasteiger partial charge < -0.3 is 25.8 Å². The van der Waals surface area contributed by atoms with E-state index in [1.54, 1.807) is 95.5 Å². The Morgan fingerprint density at radius 3 is 2.09 bits per heavy atom. The average Bonchev–Trinajstić information content (AvgIpc) is 3.42. The van der Waals surface area contributed by atoms with Crippen LogP contribution in [0.1, 0.15) is 78.0 Å². The molecule has 1 aliphatic heterocycles. The van der Waals surface area contributed by atoms with Crippen molar-refractivity contribution in [2.45, 2.75) is 90.7 Å². The smallest absolute Gasteiger partial charge is 0.290 e. The van der Waals surface area contributed by atoms with E-state index in [1.807, 2.05) is 20.8 Å². The van der Waals surface area contributed by atoms with Crippen LogP contribution in [0.2, 0.25) is 0 Å². The molecule has 4 N–H and O–H groups in total. The summed E-state index contributed by atoms with van der Waals surface area (Å²) in [4.78, 5) is 83.8. The molecule has 1 unspecified atom stereocenters. The van der Waals surface area contributed by atoms with Gasteiger partial charge in [-0.2, -0.15) is 0 Å². The summed E-state index contributed by atoms with van der Waals surface area (Å²) in [6, 6.07) is 12.8. The van der Waals surface area contributed by atoms with Crippen LogP contribution in [0.25, 0.3) is 0 Å². The number of hydrogen-bond donors (Lipinski definition) is 4. The van der Waals surface area contributed by atoms with E-state index in [-0.39, 0.29) is 41.9 Å².